The van der Waals surface area contributed by atoms with Gasteiger partial charge in [0, 0.05) is 0 Å². The van der Waals surface area contributed by atoms with E-state index in [0.717, 1.165) is 23.5 Å². The molecule has 5 nitrogen and oxygen atoms in total. The van der Waals surface area contributed by atoms with E-state index in [2.05, 4.69) is 0 Å². The van der Waals surface area contributed by atoms with Gasteiger partial charge in [-0.05, 0) is 12.5 Å². The van der Waals surface area contributed by atoms with Crippen LogP contribution < -0.4 is 0 Å². The van der Waals surface area contributed by atoms with Crippen LogP contribution in [0.3, 0.4) is 0 Å². The molecule has 0 atom stereocenters. The van der Waals surface area contributed by atoms with Gasteiger partial charge >= 0.3 is 13.6 Å². The molecule has 76 valence electrons. The van der Waals surface area contributed by atoms with Gasteiger partial charge in [0.25, 0.3) is 0 Å². The van der Waals surface area contributed by atoms with Crippen molar-refractivity contribution in [2.75, 3.05) is 12.5 Å². The molecular weight excluding hydrogens is 235 g/mol. The van der Waals surface area contributed by atoms with Crippen LogP contribution >= 0.6 is 31.1 Å². The number of aliphatic carboxylic acids is 1. The molecule has 3 N–H and O–H groups in total. The molecule has 0 saturated carbocycles. The summed E-state index contributed by atoms with van der Waals surface area (Å²) in [5, 5.41) is 7.74. The van der Waals surface area contributed by atoms with Crippen LogP contribution in [0.4, 0.5) is 0 Å². The Bertz CT molecular complexity index is 275. The van der Waals surface area contributed by atoms with Gasteiger partial charge in [-0.1, -0.05) is 0 Å². The van der Waals surface area contributed by atoms with E-state index in [4.69, 9.17) is 14.9 Å². The third-order valence-electron chi connectivity index (χ3n) is 1.06. The van der Waals surface area contributed by atoms with Crippen LogP contribution in [0.25, 0.3) is 0 Å². The molecule has 0 aromatic rings. The summed E-state index contributed by atoms with van der Waals surface area (Å²) in [6.45, 7) is 0. The second-order valence-corrected chi connectivity index (χ2v) is 5.32. The third-order valence-corrected chi connectivity index (χ3v) is 4.51. The summed E-state index contributed by atoms with van der Waals surface area (Å²) < 4.78 is 10.9. The average molecular weight is 244 g/mol. The first-order chi connectivity index (χ1) is 5.84. The van der Waals surface area contributed by atoms with E-state index in [1.54, 1.807) is 12.5 Å². The first-order valence-electron chi connectivity index (χ1n) is 2.96. The van der Waals surface area contributed by atoms with Gasteiger partial charge in [-0.15, -0.1) is 23.5 Å². The molecule has 0 aliphatic carbocycles. The Hall–Kier alpha value is 0.0600. The fraction of sp³-hybridized carbons (Fsp3) is 0.400. The molecule has 0 amide bonds. The number of hydrogen-bond donors (Lipinski definition) is 3. The van der Waals surface area contributed by atoms with Crippen molar-refractivity contribution in [2.45, 2.75) is 0 Å². The van der Waals surface area contributed by atoms with Crippen LogP contribution in [0.1, 0.15) is 0 Å². The Morgan fingerprint density at radius 2 is 1.62 bits per heavy atom. The Labute approximate surface area is 83.8 Å². The molecule has 0 radical (unpaired) electrons. The van der Waals surface area contributed by atoms with Gasteiger partial charge in [0.1, 0.15) is 0 Å². The minimum Gasteiger partial charge on any atom is -0.477 e. The van der Waals surface area contributed by atoms with Gasteiger partial charge in [0.05, 0.1) is 4.24 Å². The van der Waals surface area contributed by atoms with E-state index in [1.807, 2.05) is 0 Å². The maximum Gasteiger partial charge on any atom is 0.365 e. The number of rotatable bonds is 4. The van der Waals surface area contributed by atoms with E-state index in [-0.39, 0.29) is 4.24 Å². The highest BCUT2D eigenvalue weighted by Gasteiger charge is 2.31. The highest BCUT2D eigenvalue weighted by molar-refractivity contribution is 8.22. The monoisotopic (exact) mass is 244 g/mol. The van der Waals surface area contributed by atoms with E-state index < -0.39 is 18.9 Å². The summed E-state index contributed by atoms with van der Waals surface area (Å²) in [6, 6.07) is 0. The first-order valence-corrected chi connectivity index (χ1v) is 7.02. The lowest BCUT2D eigenvalue weighted by Gasteiger charge is -2.08. The first kappa shape index (κ1) is 13.1. The topological polar surface area (TPSA) is 94.8 Å². The minimum atomic E-state index is -4.68. The molecule has 0 heterocycles. The minimum absolute atomic E-state index is 0.126. The van der Waals surface area contributed by atoms with Crippen molar-refractivity contribution in [1.29, 1.82) is 0 Å². The SMILES string of the molecule is CSC(SC)=C(C(=O)O)P(=O)(O)O. The summed E-state index contributed by atoms with van der Waals surface area (Å²) >= 11 is 2.01. The van der Waals surface area contributed by atoms with Gasteiger partial charge in [0.2, 0.25) is 0 Å². The van der Waals surface area contributed by atoms with Crippen molar-refractivity contribution in [1.82, 2.24) is 0 Å². The Morgan fingerprint density at radius 3 is 1.69 bits per heavy atom. The number of carbonyl (C=O) groups is 1. The Balaban J connectivity index is 5.36. The molecule has 0 aliphatic heterocycles. The lowest BCUT2D eigenvalue weighted by molar-refractivity contribution is -0.132. The van der Waals surface area contributed by atoms with Crippen molar-refractivity contribution in [2.24, 2.45) is 0 Å². The summed E-state index contributed by atoms with van der Waals surface area (Å²) in [6.07, 6.45) is 3.12. The van der Waals surface area contributed by atoms with Crippen LogP contribution in [-0.4, -0.2) is 33.4 Å². The molecule has 0 aliphatic rings. The fourth-order valence-electron chi connectivity index (χ4n) is 0.608. The number of thioether (sulfide) groups is 2. The average Bonchev–Trinajstić information content (AvgIpc) is 1.96. The summed E-state index contributed by atoms with van der Waals surface area (Å²) in [5.74, 6) is -1.58. The van der Waals surface area contributed by atoms with Gasteiger partial charge in [-0.2, -0.15) is 0 Å². The molecular formula is C5H9O5PS2. The largest absolute Gasteiger partial charge is 0.477 e. The second-order valence-electron chi connectivity index (χ2n) is 1.89. The zero-order valence-corrected chi connectivity index (χ0v) is 9.45. The molecule has 0 saturated heterocycles. The van der Waals surface area contributed by atoms with Crippen molar-refractivity contribution < 1.29 is 24.3 Å². The molecule has 0 rings (SSSR count). The standard InChI is InChI=1S/C5H9O5PS2/c1-12-5(13-2)3(4(6)7)11(8,9)10/h1-2H3,(H,6,7)(H2,8,9,10). The molecule has 13 heavy (non-hydrogen) atoms. The number of carboxylic acids is 1. The predicted molar refractivity (Wildman–Crippen MR) is 53.7 cm³/mol. The van der Waals surface area contributed by atoms with E-state index in [1.165, 1.54) is 0 Å². The van der Waals surface area contributed by atoms with Crippen molar-refractivity contribution >= 4 is 37.1 Å². The molecule has 0 aromatic heterocycles. The van der Waals surface area contributed by atoms with Gasteiger partial charge in [0.15, 0.2) is 5.31 Å². The van der Waals surface area contributed by atoms with Crippen molar-refractivity contribution in [3.63, 3.8) is 0 Å². The highest BCUT2D eigenvalue weighted by atomic mass is 32.2. The quantitative estimate of drug-likeness (QED) is 0.504. The normalized spacial score (nSPS) is 11.1. The van der Waals surface area contributed by atoms with E-state index in [0.29, 0.717) is 0 Å². The van der Waals surface area contributed by atoms with Crippen LogP contribution in [-0.2, 0) is 9.36 Å². The van der Waals surface area contributed by atoms with Crippen molar-refractivity contribution in [3.8, 4) is 0 Å². The Morgan fingerprint density at radius 1 is 1.23 bits per heavy atom. The molecule has 0 bridgehead atoms. The van der Waals surface area contributed by atoms with Crippen LogP contribution in [0.15, 0.2) is 9.55 Å². The van der Waals surface area contributed by atoms with Crippen LogP contribution in [0.2, 0.25) is 0 Å². The lowest BCUT2D eigenvalue weighted by atomic mass is 10.6. The maximum absolute atomic E-state index is 10.8. The fourth-order valence-corrected chi connectivity index (χ4v) is 3.58. The number of carboxylic acid groups (broad SMARTS) is 1. The third kappa shape index (κ3) is 3.74. The van der Waals surface area contributed by atoms with Crippen LogP contribution in [0, 0.1) is 0 Å². The predicted octanol–water partition coefficient (Wildman–Crippen LogP) is 1.14. The van der Waals surface area contributed by atoms with E-state index >= 15 is 0 Å². The second kappa shape index (κ2) is 5.07. The zero-order valence-electron chi connectivity index (χ0n) is 6.92. The van der Waals surface area contributed by atoms with Crippen molar-refractivity contribution in [3.05, 3.63) is 9.55 Å². The smallest absolute Gasteiger partial charge is 0.365 e. The van der Waals surface area contributed by atoms with Gasteiger partial charge in [-0.25, -0.2) is 4.79 Å². The highest BCUT2D eigenvalue weighted by Crippen LogP contribution is 2.50. The molecule has 8 heteroatoms. The zero-order chi connectivity index (χ0) is 10.6. The molecule has 0 fully saturated rings. The van der Waals surface area contributed by atoms with E-state index in [9.17, 15) is 9.36 Å². The summed E-state index contributed by atoms with van der Waals surface area (Å²) in [4.78, 5) is 28.0. The maximum atomic E-state index is 10.8. The molecule has 0 unspecified atom stereocenters. The molecule has 0 aromatic carbocycles. The summed E-state index contributed by atoms with van der Waals surface area (Å²) in [7, 11) is -4.68. The summed E-state index contributed by atoms with van der Waals surface area (Å²) in [5.41, 5.74) is 0. The lowest BCUT2D eigenvalue weighted by Crippen LogP contribution is -2.03. The Kier molecular flexibility index (Phi) is 5.09. The number of hydrogen-bond acceptors (Lipinski definition) is 4. The molecule has 0 spiro atoms. The van der Waals surface area contributed by atoms with Gasteiger partial charge in [-0.3, -0.25) is 4.57 Å². The van der Waals surface area contributed by atoms with Crippen LogP contribution in [0.5, 0.6) is 0 Å². The van der Waals surface area contributed by atoms with Gasteiger partial charge < -0.3 is 14.9 Å².